The van der Waals surface area contributed by atoms with Crippen LogP contribution in [0.3, 0.4) is 0 Å². The van der Waals surface area contributed by atoms with Gasteiger partial charge in [-0.25, -0.2) is 22.5 Å². The summed E-state index contributed by atoms with van der Waals surface area (Å²) in [5, 5.41) is 6.57. The van der Waals surface area contributed by atoms with Gasteiger partial charge in [0.05, 0.1) is 12.3 Å². The van der Waals surface area contributed by atoms with Crippen molar-refractivity contribution in [1.29, 1.82) is 0 Å². The number of rotatable bonds is 9. The van der Waals surface area contributed by atoms with Crippen LogP contribution in [-0.4, -0.2) is 34.5 Å². The lowest BCUT2D eigenvalue weighted by Gasteiger charge is -2.19. The van der Waals surface area contributed by atoms with Gasteiger partial charge in [0, 0.05) is 18.5 Å². The molecule has 1 aliphatic rings. The van der Waals surface area contributed by atoms with Crippen LogP contribution in [0, 0.1) is 5.82 Å². The van der Waals surface area contributed by atoms with Crippen molar-refractivity contribution >= 4 is 16.0 Å². The summed E-state index contributed by atoms with van der Waals surface area (Å²) in [6.07, 6.45) is 1.89. The predicted molar refractivity (Wildman–Crippen MR) is 118 cm³/mol. The van der Waals surface area contributed by atoms with Gasteiger partial charge in [0.15, 0.2) is 5.96 Å². The van der Waals surface area contributed by atoms with Crippen LogP contribution in [0.4, 0.5) is 4.39 Å². The molecule has 0 spiro atoms. The molecule has 2 aromatic carbocycles. The number of hydrogen-bond acceptors (Lipinski definition) is 3. The first kappa shape index (κ1) is 22.2. The molecule has 0 bridgehead atoms. The van der Waals surface area contributed by atoms with Crippen LogP contribution in [-0.2, 0) is 27.7 Å². The Morgan fingerprint density at radius 1 is 1.10 bits per heavy atom. The standard InChI is InChI=1S/C22H29FN4O2S/c1-3-25-21(27-16-22(11-12-22)19-9-4-5-10-20(19)23)26-14-17-7-6-8-18(13-17)15-30(28,29)24-2/h4-10,13,24H,3,11-12,14-16H2,1-2H3,(H2,25,26,27). The molecular weight excluding hydrogens is 403 g/mol. The van der Waals surface area contributed by atoms with E-state index in [-0.39, 0.29) is 17.0 Å². The zero-order chi connectivity index (χ0) is 21.6. The lowest BCUT2D eigenvalue weighted by Crippen LogP contribution is -2.41. The molecule has 0 aromatic heterocycles. The van der Waals surface area contributed by atoms with Crippen molar-refractivity contribution in [1.82, 2.24) is 15.4 Å². The fourth-order valence-electron chi connectivity index (χ4n) is 3.46. The molecule has 6 nitrogen and oxygen atoms in total. The van der Waals surface area contributed by atoms with Crippen molar-refractivity contribution in [3.63, 3.8) is 0 Å². The second-order valence-electron chi connectivity index (χ2n) is 7.59. The van der Waals surface area contributed by atoms with E-state index < -0.39 is 10.0 Å². The Hall–Kier alpha value is -2.45. The highest BCUT2D eigenvalue weighted by molar-refractivity contribution is 7.88. The van der Waals surface area contributed by atoms with Crippen molar-refractivity contribution in [2.75, 3.05) is 20.1 Å². The molecule has 0 unspecified atom stereocenters. The Balaban J connectivity index is 1.66. The van der Waals surface area contributed by atoms with E-state index in [0.717, 1.165) is 24.0 Å². The molecule has 30 heavy (non-hydrogen) atoms. The fourth-order valence-corrected chi connectivity index (χ4v) is 4.22. The minimum Gasteiger partial charge on any atom is -0.357 e. The van der Waals surface area contributed by atoms with Gasteiger partial charge in [-0.1, -0.05) is 42.5 Å². The van der Waals surface area contributed by atoms with Gasteiger partial charge in [0.2, 0.25) is 10.0 Å². The Labute approximate surface area is 178 Å². The molecule has 0 heterocycles. The second-order valence-corrected chi connectivity index (χ2v) is 9.52. The minimum absolute atomic E-state index is 0.0649. The van der Waals surface area contributed by atoms with E-state index in [2.05, 4.69) is 20.3 Å². The van der Waals surface area contributed by atoms with E-state index in [4.69, 9.17) is 0 Å². The topological polar surface area (TPSA) is 82.6 Å². The molecule has 0 atom stereocenters. The molecule has 8 heteroatoms. The van der Waals surface area contributed by atoms with Crippen LogP contribution in [0.5, 0.6) is 0 Å². The molecule has 162 valence electrons. The molecule has 0 amide bonds. The maximum atomic E-state index is 14.2. The fraction of sp³-hybridized carbons (Fsp3) is 0.409. The third-order valence-corrected chi connectivity index (χ3v) is 6.65. The largest absolute Gasteiger partial charge is 0.357 e. The third kappa shape index (κ3) is 5.79. The summed E-state index contributed by atoms with van der Waals surface area (Å²) in [4.78, 5) is 4.62. The molecule has 0 saturated heterocycles. The number of benzene rings is 2. The quantitative estimate of drug-likeness (QED) is 0.420. The zero-order valence-electron chi connectivity index (χ0n) is 17.4. The third-order valence-electron chi connectivity index (χ3n) is 5.32. The van der Waals surface area contributed by atoms with Crippen LogP contribution >= 0.6 is 0 Å². The molecule has 2 aromatic rings. The Morgan fingerprint density at radius 3 is 2.50 bits per heavy atom. The maximum absolute atomic E-state index is 14.2. The van der Waals surface area contributed by atoms with Gasteiger partial charge in [-0.05, 0) is 49.6 Å². The number of nitrogens with zero attached hydrogens (tertiary/aromatic N) is 1. The summed E-state index contributed by atoms with van der Waals surface area (Å²) in [5.74, 6) is 0.435. The molecule has 1 saturated carbocycles. The van der Waals surface area contributed by atoms with Crippen molar-refractivity contribution in [2.45, 2.75) is 37.5 Å². The second kappa shape index (κ2) is 9.57. The van der Waals surface area contributed by atoms with Gasteiger partial charge in [-0.15, -0.1) is 0 Å². The highest BCUT2D eigenvalue weighted by Crippen LogP contribution is 2.48. The summed E-state index contributed by atoms with van der Waals surface area (Å²) in [5.41, 5.74) is 2.22. The van der Waals surface area contributed by atoms with Gasteiger partial charge >= 0.3 is 0 Å². The summed E-state index contributed by atoms with van der Waals surface area (Å²) in [6.45, 7) is 3.72. The molecule has 3 N–H and O–H groups in total. The minimum atomic E-state index is -3.32. The van der Waals surface area contributed by atoms with E-state index in [1.54, 1.807) is 12.1 Å². The van der Waals surface area contributed by atoms with Crippen LogP contribution in [0.1, 0.15) is 36.5 Å². The van der Waals surface area contributed by atoms with Gasteiger partial charge in [0.25, 0.3) is 0 Å². The summed E-state index contributed by atoms with van der Waals surface area (Å²) in [7, 11) is -1.91. The number of hydrogen-bond donors (Lipinski definition) is 3. The van der Waals surface area contributed by atoms with E-state index in [1.807, 2.05) is 37.3 Å². The average molecular weight is 433 g/mol. The SMILES string of the molecule is CCNC(=NCc1cccc(CS(=O)(=O)NC)c1)NCC1(c2ccccc2F)CC1. The predicted octanol–water partition coefficient (Wildman–Crippen LogP) is 2.66. The normalized spacial score (nSPS) is 15.6. The van der Waals surface area contributed by atoms with E-state index in [9.17, 15) is 12.8 Å². The van der Waals surface area contributed by atoms with Gasteiger partial charge in [-0.2, -0.15) is 0 Å². The van der Waals surface area contributed by atoms with Crippen LogP contribution in [0.2, 0.25) is 0 Å². The summed E-state index contributed by atoms with van der Waals surface area (Å²) < 4.78 is 40.1. The molecular formula is C22H29FN4O2S. The Bertz CT molecular complexity index is 1000. The number of halogens is 1. The lowest BCUT2D eigenvalue weighted by molar-refractivity contribution is 0.559. The molecule has 1 aliphatic carbocycles. The van der Waals surface area contributed by atoms with Crippen LogP contribution in [0.25, 0.3) is 0 Å². The van der Waals surface area contributed by atoms with Crippen molar-refractivity contribution in [3.05, 3.63) is 71.0 Å². The smallest absolute Gasteiger partial charge is 0.215 e. The summed E-state index contributed by atoms with van der Waals surface area (Å²) in [6, 6.07) is 14.4. The first-order chi connectivity index (χ1) is 14.4. The number of guanidine groups is 1. The van der Waals surface area contributed by atoms with E-state index in [0.29, 0.717) is 31.2 Å². The first-order valence-electron chi connectivity index (χ1n) is 10.1. The number of sulfonamides is 1. The van der Waals surface area contributed by atoms with Crippen molar-refractivity contribution < 1.29 is 12.8 Å². The Morgan fingerprint density at radius 2 is 1.83 bits per heavy atom. The number of aliphatic imine (C=N–C) groups is 1. The first-order valence-corrected chi connectivity index (χ1v) is 11.8. The van der Waals surface area contributed by atoms with Crippen LogP contribution in [0.15, 0.2) is 53.5 Å². The Kier molecular flexibility index (Phi) is 7.10. The van der Waals surface area contributed by atoms with Crippen LogP contribution < -0.4 is 15.4 Å². The monoisotopic (exact) mass is 432 g/mol. The van der Waals surface area contributed by atoms with Gasteiger partial charge in [-0.3, -0.25) is 0 Å². The highest BCUT2D eigenvalue weighted by Gasteiger charge is 2.45. The lowest BCUT2D eigenvalue weighted by atomic mass is 9.95. The highest BCUT2D eigenvalue weighted by atomic mass is 32.2. The molecule has 3 rings (SSSR count). The van der Waals surface area contributed by atoms with Gasteiger partial charge in [0.1, 0.15) is 5.82 Å². The van der Waals surface area contributed by atoms with Crippen molar-refractivity contribution in [3.8, 4) is 0 Å². The molecule has 1 fully saturated rings. The maximum Gasteiger partial charge on any atom is 0.215 e. The van der Waals surface area contributed by atoms with E-state index >= 15 is 0 Å². The van der Waals surface area contributed by atoms with Gasteiger partial charge < -0.3 is 10.6 Å². The zero-order valence-corrected chi connectivity index (χ0v) is 18.2. The number of nitrogens with one attached hydrogen (secondary N) is 3. The average Bonchev–Trinajstić information content (AvgIpc) is 3.51. The molecule has 0 radical (unpaired) electrons. The van der Waals surface area contributed by atoms with Crippen molar-refractivity contribution in [2.24, 2.45) is 4.99 Å². The van der Waals surface area contributed by atoms with E-state index in [1.165, 1.54) is 13.1 Å². The molecule has 0 aliphatic heterocycles. The summed E-state index contributed by atoms with van der Waals surface area (Å²) >= 11 is 0.